The first-order valence-electron chi connectivity index (χ1n) is 6.60. The number of nitrogens with zero attached hydrogens (tertiary/aromatic N) is 1. The molecule has 1 amide bonds. The number of likely N-dealkylation sites (N-methyl/N-ethyl adjacent to an activating group) is 1. The van der Waals surface area contributed by atoms with E-state index in [-0.39, 0.29) is 5.91 Å². The molecule has 1 saturated carbocycles. The second-order valence-corrected chi connectivity index (χ2v) is 5.46. The Labute approximate surface area is 109 Å². The molecule has 0 heterocycles. The number of carboxylic acids is 1. The van der Waals surface area contributed by atoms with Gasteiger partial charge in [-0.25, -0.2) is 4.79 Å². The molecule has 0 aromatic heterocycles. The minimum Gasteiger partial charge on any atom is -0.480 e. The highest BCUT2D eigenvalue weighted by atomic mass is 16.4. The number of hydrogen-bond acceptors (Lipinski definition) is 3. The third kappa shape index (κ3) is 4.64. The van der Waals surface area contributed by atoms with Crippen molar-refractivity contribution < 1.29 is 14.7 Å². The minimum atomic E-state index is -0.971. The topological polar surface area (TPSA) is 69.6 Å². The van der Waals surface area contributed by atoms with E-state index < -0.39 is 12.0 Å². The van der Waals surface area contributed by atoms with Gasteiger partial charge in [0.2, 0.25) is 5.91 Å². The van der Waals surface area contributed by atoms with Crippen molar-refractivity contribution in [2.24, 2.45) is 5.92 Å². The number of rotatable bonds is 5. The second kappa shape index (κ2) is 6.73. The van der Waals surface area contributed by atoms with Gasteiger partial charge in [-0.15, -0.1) is 0 Å². The molecule has 0 aromatic carbocycles. The zero-order chi connectivity index (χ0) is 13.7. The highest BCUT2D eigenvalue weighted by molar-refractivity contribution is 5.82. The van der Waals surface area contributed by atoms with Gasteiger partial charge in [0, 0.05) is 19.5 Å². The van der Waals surface area contributed by atoms with Gasteiger partial charge in [0.15, 0.2) is 0 Å². The van der Waals surface area contributed by atoms with Crippen LogP contribution in [0.25, 0.3) is 0 Å². The molecule has 0 spiro atoms. The fourth-order valence-corrected chi connectivity index (χ4v) is 2.67. The number of aliphatic carboxylic acids is 1. The van der Waals surface area contributed by atoms with Crippen molar-refractivity contribution in [2.45, 2.75) is 51.6 Å². The molecule has 0 bridgehead atoms. The first-order chi connectivity index (χ1) is 8.40. The number of carbonyl (C=O) groups is 2. The fourth-order valence-electron chi connectivity index (χ4n) is 2.67. The molecule has 1 rings (SSSR count). The lowest BCUT2D eigenvalue weighted by atomic mass is 9.86. The van der Waals surface area contributed by atoms with Crippen LogP contribution in [0.5, 0.6) is 0 Å². The van der Waals surface area contributed by atoms with Crippen LogP contribution in [0.4, 0.5) is 0 Å². The Kier molecular flexibility index (Phi) is 5.59. The zero-order valence-corrected chi connectivity index (χ0v) is 11.5. The van der Waals surface area contributed by atoms with E-state index in [0.717, 1.165) is 12.8 Å². The molecule has 3 atom stereocenters. The zero-order valence-electron chi connectivity index (χ0n) is 11.5. The smallest absolute Gasteiger partial charge is 0.327 e. The summed E-state index contributed by atoms with van der Waals surface area (Å²) in [4.78, 5) is 24.1. The first-order valence-corrected chi connectivity index (χ1v) is 6.60. The summed E-state index contributed by atoms with van der Waals surface area (Å²) in [5, 5.41) is 11.6. The average Bonchev–Trinajstić information content (AvgIpc) is 2.27. The molecule has 1 aliphatic rings. The normalized spacial score (nSPS) is 25.8. The van der Waals surface area contributed by atoms with E-state index in [1.807, 2.05) is 7.05 Å². The molecule has 104 valence electrons. The standard InChI is InChI=1S/C13H24N2O3/c1-9-5-4-6-11(7-9)15(3)8-12(13(17)18)14-10(2)16/h9,11-12H,4-8H2,1-3H3,(H,14,16)(H,17,18). The van der Waals surface area contributed by atoms with E-state index in [9.17, 15) is 9.59 Å². The summed E-state index contributed by atoms with van der Waals surface area (Å²) in [5.74, 6) is -0.566. The summed E-state index contributed by atoms with van der Waals surface area (Å²) >= 11 is 0. The van der Waals surface area contributed by atoms with Gasteiger partial charge in [-0.2, -0.15) is 0 Å². The van der Waals surface area contributed by atoms with Crippen LogP contribution in [-0.4, -0.2) is 47.6 Å². The van der Waals surface area contributed by atoms with Gasteiger partial charge >= 0.3 is 5.97 Å². The molecular formula is C13H24N2O3. The maximum absolute atomic E-state index is 11.1. The number of nitrogens with one attached hydrogen (secondary N) is 1. The molecule has 5 nitrogen and oxygen atoms in total. The third-order valence-corrected chi connectivity index (χ3v) is 3.68. The molecule has 1 fully saturated rings. The quantitative estimate of drug-likeness (QED) is 0.772. The molecule has 0 radical (unpaired) electrons. The van der Waals surface area contributed by atoms with Gasteiger partial charge in [-0.1, -0.05) is 19.8 Å². The molecule has 0 saturated heterocycles. The van der Waals surface area contributed by atoms with Crippen LogP contribution in [0.1, 0.15) is 39.5 Å². The highest BCUT2D eigenvalue weighted by Crippen LogP contribution is 2.26. The number of carbonyl (C=O) groups excluding carboxylic acids is 1. The van der Waals surface area contributed by atoms with Crippen molar-refractivity contribution in [1.29, 1.82) is 0 Å². The summed E-state index contributed by atoms with van der Waals surface area (Å²) < 4.78 is 0. The van der Waals surface area contributed by atoms with Crippen LogP contribution in [0.2, 0.25) is 0 Å². The van der Waals surface area contributed by atoms with E-state index in [0.29, 0.717) is 18.5 Å². The highest BCUT2D eigenvalue weighted by Gasteiger charge is 2.27. The number of hydrogen-bond donors (Lipinski definition) is 2. The van der Waals surface area contributed by atoms with Crippen molar-refractivity contribution in [2.75, 3.05) is 13.6 Å². The molecule has 1 aliphatic carbocycles. The molecule has 0 aliphatic heterocycles. The predicted octanol–water partition coefficient (Wildman–Crippen LogP) is 1.09. The molecule has 3 unspecified atom stereocenters. The van der Waals surface area contributed by atoms with Gasteiger partial charge in [0.05, 0.1) is 0 Å². The van der Waals surface area contributed by atoms with Crippen LogP contribution in [0.15, 0.2) is 0 Å². The number of carboxylic acid groups (broad SMARTS) is 1. The Balaban J connectivity index is 2.51. The van der Waals surface area contributed by atoms with Crippen molar-refractivity contribution in [3.05, 3.63) is 0 Å². The fraction of sp³-hybridized carbons (Fsp3) is 0.846. The monoisotopic (exact) mass is 256 g/mol. The van der Waals surface area contributed by atoms with E-state index in [4.69, 9.17) is 5.11 Å². The Morgan fingerprint density at radius 1 is 1.44 bits per heavy atom. The van der Waals surface area contributed by atoms with Crippen molar-refractivity contribution in [3.63, 3.8) is 0 Å². The van der Waals surface area contributed by atoms with E-state index in [1.54, 1.807) is 0 Å². The first kappa shape index (κ1) is 15.0. The van der Waals surface area contributed by atoms with Crippen molar-refractivity contribution in [1.82, 2.24) is 10.2 Å². The summed E-state index contributed by atoms with van der Waals surface area (Å²) in [6.45, 7) is 3.95. The lowest BCUT2D eigenvalue weighted by Gasteiger charge is -2.35. The summed E-state index contributed by atoms with van der Waals surface area (Å²) in [6, 6.07) is -0.380. The van der Waals surface area contributed by atoms with Gasteiger partial charge in [0.1, 0.15) is 6.04 Å². The third-order valence-electron chi connectivity index (χ3n) is 3.68. The van der Waals surface area contributed by atoms with Gasteiger partial charge < -0.3 is 15.3 Å². The summed E-state index contributed by atoms with van der Waals surface area (Å²) in [6.07, 6.45) is 4.70. The van der Waals surface area contributed by atoms with E-state index in [2.05, 4.69) is 17.1 Å². The maximum atomic E-state index is 11.1. The van der Waals surface area contributed by atoms with Crippen LogP contribution >= 0.6 is 0 Å². The molecule has 18 heavy (non-hydrogen) atoms. The van der Waals surface area contributed by atoms with Crippen molar-refractivity contribution in [3.8, 4) is 0 Å². The summed E-state index contributed by atoms with van der Waals surface area (Å²) in [5.41, 5.74) is 0. The molecule has 0 aromatic rings. The Morgan fingerprint density at radius 2 is 2.11 bits per heavy atom. The van der Waals surface area contributed by atoms with Crippen LogP contribution < -0.4 is 5.32 Å². The lowest BCUT2D eigenvalue weighted by Crippen LogP contribution is -2.49. The Hall–Kier alpha value is -1.10. The predicted molar refractivity (Wildman–Crippen MR) is 69.3 cm³/mol. The van der Waals surface area contributed by atoms with Gasteiger partial charge in [0.25, 0.3) is 0 Å². The largest absolute Gasteiger partial charge is 0.480 e. The second-order valence-electron chi connectivity index (χ2n) is 5.46. The van der Waals surface area contributed by atoms with Crippen LogP contribution in [-0.2, 0) is 9.59 Å². The average molecular weight is 256 g/mol. The number of amides is 1. The van der Waals surface area contributed by atoms with E-state index in [1.165, 1.54) is 19.8 Å². The molecular weight excluding hydrogens is 232 g/mol. The van der Waals surface area contributed by atoms with Gasteiger partial charge in [-0.3, -0.25) is 4.79 Å². The van der Waals surface area contributed by atoms with Gasteiger partial charge in [-0.05, 0) is 25.8 Å². The maximum Gasteiger partial charge on any atom is 0.327 e. The SMILES string of the molecule is CC(=O)NC(CN(C)C1CCCC(C)C1)C(=O)O. The Bertz CT molecular complexity index is 307. The van der Waals surface area contributed by atoms with Crippen LogP contribution in [0.3, 0.4) is 0 Å². The Morgan fingerprint density at radius 3 is 2.61 bits per heavy atom. The summed E-state index contributed by atoms with van der Waals surface area (Å²) in [7, 11) is 1.94. The van der Waals surface area contributed by atoms with E-state index >= 15 is 0 Å². The minimum absolute atomic E-state index is 0.298. The lowest BCUT2D eigenvalue weighted by molar-refractivity contribution is -0.142. The van der Waals surface area contributed by atoms with Crippen molar-refractivity contribution >= 4 is 11.9 Å². The molecule has 5 heteroatoms. The van der Waals surface area contributed by atoms with Crippen LogP contribution in [0, 0.1) is 5.92 Å². The molecule has 2 N–H and O–H groups in total.